The summed E-state index contributed by atoms with van der Waals surface area (Å²) in [6.45, 7) is 11.1. The van der Waals surface area contributed by atoms with Crippen molar-refractivity contribution in [3.63, 3.8) is 0 Å². The Balaban J connectivity index is 2.13. The zero-order chi connectivity index (χ0) is 34.0. The molecule has 3 aliphatic rings. The van der Waals surface area contributed by atoms with Gasteiger partial charge in [0.05, 0.1) is 24.4 Å². The number of terminal acetylenes is 1. The maximum Gasteiger partial charge on any atom is 0.408 e. The topological polar surface area (TPSA) is 150 Å². The Bertz CT molecular complexity index is 1150. The number of carbonyl (C=O) groups excluding carboxylic acids is 4. The number of hydrogen-bond donors (Lipinski definition) is 2. The maximum absolute atomic E-state index is 15.7. The van der Waals surface area contributed by atoms with Crippen LogP contribution in [-0.4, -0.2) is 115 Å². The lowest BCUT2D eigenvalue weighted by Crippen LogP contribution is -2.59. The molecule has 0 aromatic heterocycles. The van der Waals surface area contributed by atoms with Gasteiger partial charge in [0.25, 0.3) is 6.17 Å². The van der Waals surface area contributed by atoms with E-state index in [2.05, 4.69) is 11.2 Å². The lowest BCUT2D eigenvalue weighted by atomic mass is 9.74. The highest BCUT2D eigenvalue weighted by molar-refractivity contribution is 6.03. The number of halogens is 1. The van der Waals surface area contributed by atoms with E-state index in [1.165, 1.54) is 13.8 Å². The minimum absolute atomic E-state index is 0.0967. The number of amides is 1. The number of esters is 1. The van der Waals surface area contributed by atoms with Crippen LogP contribution in [0, 0.1) is 36.0 Å². The minimum atomic E-state index is -2.70. The van der Waals surface area contributed by atoms with E-state index in [4.69, 9.17) is 30.1 Å². The molecule has 2 N–H and O–H groups in total. The number of alkyl carbamates (subject to hydrolysis) is 1. The molecule has 0 radical (unpaired) electrons. The third kappa shape index (κ3) is 7.52. The number of nitrogens with zero attached hydrogens (tertiary/aromatic N) is 1. The summed E-state index contributed by atoms with van der Waals surface area (Å²) < 4.78 is 45.1. The molecule has 0 bridgehead atoms. The second kappa shape index (κ2) is 14.9. The Morgan fingerprint density at radius 1 is 1.07 bits per heavy atom. The number of rotatable bonds is 6. The van der Waals surface area contributed by atoms with Crippen molar-refractivity contribution in [3.05, 3.63) is 0 Å². The van der Waals surface area contributed by atoms with Crippen LogP contribution in [0.15, 0.2) is 0 Å². The van der Waals surface area contributed by atoms with Crippen molar-refractivity contribution in [2.24, 2.45) is 23.7 Å². The summed E-state index contributed by atoms with van der Waals surface area (Å²) in [4.78, 5) is 55.2. The van der Waals surface area contributed by atoms with E-state index < -0.39 is 90.0 Å². The molecular weight excluding hydrogens is 591 g/mol. The van der Waals surface area contributed by atoms with Gasteiger partial charge in [0.15, 0.2) is 17.7 Å². The number of fused-ring (bicyclic) bond motifs is 1. The first kappa shape index (κ1) is 36.8. The Morgan fingerprint density at radius 2 is 1.69 bits per heavy atom. The predicted octanol–water partition coefficient (Wildman–Crippen LogP) is 2.04. The molecule has 12 nitrogen and oxygen atoms in total. The maximum atomic E-state index is 15.7. The van der Waals surface area contributed by atoms with E-state index in [0.717, 1.165) is 0 Å². The van der Waals surface area contributed by atoms with E-state index in [-0.39, 0.29) is 31.0 Å². The van der Waals surface area contributed by atoms with Crippen LogP contribution in [0.5, 0.6) is 0 Å². The number of hydrogen-bond acceptors (Lipinski definition) is 11. The molecule has 3 aliphatic heterocycles. The Labute approximate surface area is 265 Å². The molecule has 3 fully saturated rings. The number of alkyl halides is 1. The van der Waals surface area contributed by atoms with Crippen molar-refractivity contribution in [3.8, 4) is 12.3 Å². The molecule has 0 aromatic rings. The van der Waals surface area contributed by atoms with Gasteiger partial charge in [0.2, 0.25) is 0 Å². The number of ether oxygens (including phenoxy) is 5. The standard InChI is InChI=1S/C32H49FN2O10/c1-11-13-41-26-16(4)23(36)18(6)28-32(8,45-31(40)34-28)21(12-2)43-29(39)22(33)24(37)17(5)27(19(26)7)44-30-25(38)20(35(9)10)14-15(3)42-30/h1,15-22,25-28,30,38H,12-14H2,2-10H3,(H,34,40)/t15-,16+,17+,18-,19-,20+,21+,22?,25-,26+,27-,28?,30+,32-/m1/s1. The van der Waals surface area contributed by atoms with Crippen LogP contribution in [0.4, 0.5) is 9.18 Å². The predicted molar refractivity (Wildman–Crippen MR) is 159 cm³/mol. The molecule has 254 valence electrons. The van der Waals surface area contributed by atoms with Gasteiger partial charge in [-0.15, -0.1) is 6.42 Å². The molecule has 0 spiro atoms. The fraction of sp³-hybridized carbons (Fsp3) is 0.812. The molecule has 3 rings (SSSR count). The number of likely N-dealkylation sites (N-methyl/N-ethyl adjacent to an activating group) is 1. The molecule has 3 saturated heterocycles. The van der Waals surface area contributed by atoms with Crippen molar-refractivity contribution in [1.29, 1.82) is 0 Å². The Morgan fingerprint density at radius 3 is 2.27 bits per heavy atom. The molecule has 2 unspecified atom stereocenters. The first-order valence-electron chi connectivity index (χ1n) is 15.6. The molecule has 0 aliphatic carbocycles. The normalized spacial score (nSPS) is 43.5. The van der Waals surface area contributed by atoms with Crippen molar-refractivity contribution >= 4 is 23.6 Å². The summed E-state index contributed by atoms with van der Waals surface area (Å²) in [5, 5.41) is 13.9. The van der Waals surface area contributed by atoms with Crippen LogP contribution in [0.3, 0.4) is 0 Å². The highest BCUT2D eigenvalue weighted by Crippen LogP contribution is 2.38. The second-order valence-electron chi connectivity index (χ2n) is 13.1. The van der Waals surface area contributed by atoms with Crippen LogP contribution in [0.25, 0.3) is 0 Å². The van der Waals surface area contributed by atoms with Crippen LogP contribution in [-0.2, 0) is 38.1 Å². The fourth-order valence-corrected chi connectivity index (χ4v) is 7.10. The summed E-state index contributed by atoms with van der Waals surface area (Å²) >= 11 is 0. The van der Waals surface area contributed by atoms with Gasteiger partial charge in [-0.3, -0.25) is 9.59 Å². The van der Waals surface area contributed by atoms with Crippen LogP contribution in [0.1, 0.15) is 61.3 Å². The van der Waals surface area contributed by atoms with Crippen molar-refractivity contribution in [1.82, 2.24) is 10.2 Å². The van der Waals surface area contributed by atoms with E-state index >= 15 is 4.39 Å². The molecule has 1 amide bonds. The van der Waals surface area contributed by atoms with Gasteiger partial charge in [0, 0.05) is 29.7 Å². The van der Waals surface area contributed by atoms with Gasteiger partial charge in [0.1, 0.15) is 24.6 Å². The smallest absolute Gasteiger partial charge is 0.408 e. The van der Waals surface area contributed by atoms with E-state index in [1.807, 2.05) is 25.9 Å². The SMILES string of the molecule is C#CCO[C@@H]1[C@@H](C)[C@H](O[C@@H]2O[C@H](C)C[C@H](N(C)C)[C@H]2O)[C@@H](C)C(=O)C(F)C(=O)O[C@@H](CC)[C@@]2(C)OC(=O)NC2[C@H](C)C(=O)[C@@H]1C. The molecule has 14 atom stereocenters. The molecule has 3 heterocycles. The first-order valence-corrected chi connectivity index (χ1v) is 15.6. The van der Waals surface area contributed by atoms with Gasteiger partial charge in [-0.05, 0) is 40.8 Å². The fourth-order valence-electron chi connectivity index (χ4n) is 7.10. The van der Waals surface area contributed by atoms with Gasteiger partial charge in [-0.25, -0.2) is 14.0 Å². The van der Waals surface area contributed by atoms with Crippen LogP contribution in [0.2, 0.25) is 0 Å². The monoisotopic (exact) mass is 640 g/mol. The summed E-state index contributed by atoms with van der Waals surface area (Å²) in [6, 6.07) is -1.30. The van der Waals surface area contributed by atoms with Crippen LogP contribution < -0.4 is 5.32 Å². The summed E-state index contributed by atoms with van der Waals surface area (Å²) in [7, 11) is 3.62. The minimum Gasteiger partial charge on any atom is -0.456 e. The largest absolute Gasteiger partial charge is 0.456 e. The van der Waals surface area contributed by atoms with Gasteiger partial charge >= 0.3 is 12.1 Å². The van der Waals surface area contributed by atoms with E-state index in [0.29, 0.717) is 6.42 Å². The number of Topliss-reactive ketones (excluding diaryl/α,β-unsaturated/α-hetero) is 2. The van der Waals surface area contributed by atoms with Gasteiger partial charge in [-0.1, -0.05) is 40.5 Å². The number of aliphatic hydroxyl groups excluding tert-OH is 1. The number of nitrogens with one attached hydrogen (secondary N) is 1. The lowest BCUT2D eigenvalue weighted by molar-refractivity contribution is -0.282. The summed E-state index contributed by atoms with van der Waals surface area (Å²) in [5.41, 5.74) is -1.55. The van der Waals surface area contributed by atoms with Gasteiger partial charge < -0.3 is 39.0 Å². The van der Waals surface area contributed by atoms with Crippen molar-refractivity contribution in [2.75, 3.05) is 20.7 Å². The molecular formula is C32H49FN2O10. The molecule has 0 aromatic carbocycles. The average molecular weight is 641 g/mol. The molecule has 13 heteroatoms. The lowest BCUT2D eigenvalue weighted by Gasteiger charge is -2.45. The summed E-state index contributed by atoms with van der Waals surface area (Å²) in [5.74, 6) is -4.34. The quantitative estimate of drug-likeness (QED) is 0.250. The molecule has 45 heavy (non-hydrogen) atoms. The van der Waals surface area contributed by atoms with E-state index in [1.54, 1.807) is 27.7 Å². The Kier molecular flexibility index (Phi) is 12.2. The first-order chi connectivity index (χ1) is 21.0. The number of cyclic esters (lactones) is 1. The zero-order valence-corrected chi connectivity index (χ0v) is 27.7. The van der Waals surface area contributed by atoms with Crippen LogP contribution >= 0.6 is 0 Å². The highest BCUT2D eigenvalue weighted by atomic mass is 19.1. The number of carbonyl (C=O) groups is 4. The average Bonchev–Trinajstić information content (AvgIpc) is 3.31. The van der Waals surface area contributed by atoms with Gasteiger partial charge in [-0.2, -0.15) is 0 Å². The molecule has 0 saturated carbocycles. The third-order valence-electron chi connectivity index (χ3n) is 9.72. The van der Waals surface area contributed by atoms with Crippen molar-refractivity contribution < 1.29 is 52.4 Å². The summed E-state index contributed by atoms with van der Waals surface area (Å²) in [6.07, 6.45) is -3.42. The Hall–Kier alpha value is -2.63. The second-order valence-corrected chi connectivity index (χ2v) is 13.1. The third-order valence-corrected chi connectivity index (χ3v) is 9.72. The highest BCUT2D eigenvalue weighted by Gasteiger charge is 2.57. The van der Waals surface area contributed by atoms with Crippen molar-refractivity contribution in [2.45, 2.75) is 122 Å². The zero-order valence-electron chi connectivity index (χ0n) is 27.7. The van der Waals surface area contributed by atoms with E-state index in [9.17, 15) is 24.3 Å². The number of aliphatic hydroxyl groups is 1. The number of ketones is 2.